The molecule has 8 heteroatoms. The lowest BCUT2D eigenvalue weighted by atomic mass is 9.97. The SMILES string of the molecule is COc1c(OCc2ccncc2)cc2oc3cc4c(c(OCc5ccncc5)c3c(=O)c2c1CC=C(C)C)C=CC(C)(C)O4. The van der Waals surface area contributed by atoms with Gasteiger partial charge in [0.2, 0.25) is 5.43 Å². The summed E-state index contributed by atoms with van der Waals surface area (Å²) in [6, 6.07) is 11.0. The molecule has 0 fully saturated rings. The number of allylic oxidation sites excluding steroid dienone is 2. The summed E-state index contributed by atoms with van der Waals surface area (Å²) in [5.74, 6) is 1.94. The van der Waals surface area contributed by atoms with E-state index in [9.17, 15) is 4.79 Å². The Bertz CT molecular complexity index is 1960. The molecule has 0 spiro atoms. The van der Waals surface area contributed by atoms with E-state index in [0.29, 0.717) is 69.1 Å². The number of ether oxygens (including phenoxy) is 4. The van der Waals surface area contributed by atoms with Gasteiger partial charge in [-0.25, -0.2) is 0 Å². The van der Waals surface area contributed by atoms with Crippen molar-refractivity contribution in [2.45, 2.75) is 52.9 Å². The summed E-state index contributed by atoms with van der Waals surface area (Å²) in [5, 5.41) is 0.752. The third-order valence-electron chi connectivity index (χ3n) is 7.45. The van der Waals surface area contributed by atoms with Gasteiger partial charge >= 0.3 is 0 Å². The van der Waals surface area contributed by atoms with Gasteiger partial charge in [0.25, 0.3) is 0 Å². The van der Waals surface area contributed by atoms with Crippen molar-refractivity contribution in [3.63, 3.8) is 0 Å². The Balaban J connectivity index is 1.59. The summed E-state index contributed by atoms with van der Waals surface area (Å²) < 4.78 is 31.4. The fourth-order valence-electron chi connectivity index (χ4n) is 5.26. The first-order valence-corrected chi connectivity index (χ1v) is 14.5. The van der Waals surface area contributed by atoms with Gasteiger partial charge in [0.15, 0.2) is 11.5 Å². The second kappa shape index (κ2) is 11.9. The first-order valence-electron chi connectivity index (χ1n) is 14.5. The normalized spacial score (nSPS) is 13.3. The van der Waals surface area contributed by atoms with Crippen LogP contribution in [0.5, 0.6) is 23.0 Å². The molecule has 3 aromatic heterocycles. The Kier molecular flexibility index (Phi) is 7.82. The number of fused-ring (bicyclic) bond motifs is 3. The van der Waals surface area contributed by atoms with Crippen LogP contribution >= 0.6 is 0 Å². The Morgan fingerprint density at radius 1 is 0.886 bits per heavy atom. The Hall–Kier alpha value is -5.11. The number of hydrogen-bond donors (Lipinski definition) is 0. The predicted octanol–water partition coefficient (Wildman–Crippen LogP) is 7.60. The molecule has 1 aliphatic heterocycles. The van der Waals surface area contributed by atoms with Gasteiger partial charge in [0.1, 0.15) is 46.9 Å². The number of pyridine rings is 2. The minimum Gasteiger partial charge on any atom is -0.493 e. The molecule has 0 radical (unpaired) electrons. The maximum atomic E-state index is 14.6. The van der Waals surface area contributed by atoms with Gasteiger partial charge in [0, 0.05) is 42.5 Å². The van der Waals surface area contributed by atoms with Crippen LogP contribution in [-0.4, -0.2) is 22.7 Å². The Labute approximate surface area is 255 Å². The number of hydrogen-bond acceptors (Lipinski definition) is 8. The van der Waals surface area contributed by atoms with E-state index in [-0.39, 0.29) is 12.0 Å². The van der Waals surface area contributed by atoms with Gasteiger partial charge in [-0.2, -0.15) is 0 Å². The van der Waals surface area contributed by atoms with Crippen molar-refractivity contribution in [2.75, 3.05) is 7.11 Å². The van der Waals surface area contributed by atoms with E-state index in [1.165, 1.54) is 0 Å². The first kappa shape index (κ1) is 29.0. The predicted molar refractivity (Wildman–Crippen MR) is 171 cm³/mol. The average molecular weight is 591 g/mol. The van der Waals surface area contributed by atoms with E-state index < -0.39 is 5.60 Å². The zero-order chi connectivity index (χ0) is 30.8. The second-order valence-electron chi connectivity index (χ2n) is 11.5. The molecule has 4 heterocycles. The molecule has 5 aromatic rings. The molecule has 224 valence electrons. The molecule has 2 aromatic carbocycles. The average Bonchev–Trinajstić information content (AvgIpc) is 3.01. The first-order chi connectivity index (χ1) is 21.2. The van der Waals surface area contributed by atoms with E-state index in [1.807, 2.05) is 64.1 Å². The third-order valence-corrected chi connectivity index (χ3v) is 7.45. The molecule has 8 nitrogen and oxygen atoms in total. The third kappa shape index (κ3) is 5.75. The maximum absolute atomic E-state index is 14.6. The van der Waals surface area contributed by atoms with Crippen LogP contribution in [0, 0.1) is 0 Å². The highest BCUT2D eigenvalue weighted by atomic mass is 16.5. The van der Waals surface area contributed by atoms with Crippen LogP contribution in [0.15, 0.2) is 88.1 Å². The van der Waals surface area contributed by atoms with E-state index in [1.54, 1.807) is 44.0 Å². The highest BCUT2D eigenvalue weighted by molar-refractivity contribution is 5.99. The van der Waals surface area contributed by atoms with E-state index in [0.717, 1.165) is 16.7 Å². The van der Waals surface area contributed by atoms with E-state index in [2.05, 4.69) is 16.0 Å². The topological polar surface area (TPSA) is 92.9 Å². The van der Waals surface area contributed by atoms with Crippen molar-refractivity contribution >= 4 is 28.0 Å². The van der Waals surface area contributed by atoms with Gasteiger partial charge in [0.05, 0.1) is 18.1 Å². The minimum absolute atomic E-state index is 0.219. The molecule has 0 saturated heterocycles. The van der Waals surface area contributed by atoms with Crippen LogP contribution in [-0.2, 0) is 19.6 Å². The molecule has 0 atom stereocenters. The van der Waals surface area contributed by atoms with E-state index >= 15 is 0 Å². The summed E-state index contributed by atoms with van der Waals surface area (Å²) in [7, 11) is 1.58. The van der Waals surface area contributed by atoms with Crippen molar-refractivity contribution in [2.24, 2.45) is 0 Å². The molecule has 0 N–H and O–H groups in total. The Morgan fingerprint density at radius 3 is 2.16 bits per heavy atom. The summed E-state index contributed by atoms with van der Waals surface area (Å²) >= 11 is 0. The smallest absolute Gasteiger partial charge is 0.204 e. The van der Waals surface area contributed by atoms with E-state index in [4.69, 9.17) is 23.4 Å². The lowest BCUT2D eigenvalue weighted by molar-refractivity contribution is 0.158. The molecule has 1 aliphatic rings. The number of rotatable bonds is 9. The van der Waals surface area contributed by atoms with Crippen LogP contribution in [0.3, 0.4) is 0 Å². The second-order valence-corrected chi connectivity index (χ2v) is 11.5. The van der Waals surface area contributed by atoms with Crippen LogP contribution in [0.1, 0.15) is 49.9 Å². The van der Waals surface area contributed by atoms with Gasteiger partial charge in [-0.15, -0.1) is 0 Å². The minimum atomic E-state index is -0.543. The highest BCUT2D eigenvalue weighted by Gasteiger charge is 2.29. The van der Waals surface area contributed by atoms with Gasteiger partial charge in [-0.3, -0.25) is 14.8 Å². The lowest BCUT2D eigenvalue weighted by Gasteiger charge is -2.29. The summed E-state index contributed by atoms with van der Waals surface area (Å²) in [6.07, 6.45) is 13.3. The molecular weight excluding hydrogens is 556 g/mol. The monoisotopic (exact) mass is 590 g/mol. The number of nitrogens with zero attached hydrogens (tertiary/aromatic N) is 2. The largest absolute Gasteiger partial charge is 0.493 e. The summed E-state index contributed by atoms with van der Waals surface area (Å²) in [5.41, 5.74) is 4.31. The van der Waals surface area contributed by atoms with Crippen LogP contribution in [0.2, 0.25) is 0 Å². The number of methoxy groups -OCH3 is 1. The van der Waals surface area contributed by atoms with Crippen LogP contribution < -0.4 is 24.4 Å². The zero-order valence-corrected chi connectivity index (χ0v) is 25.5. The van der Waals surface area contributed by atoms with Crippen LogP contribution in [0.4, 0.5) is 0 Å². The van der Waals surface area contributed by atoms with Crippen LogP contribution in [0.25, 0.3) is 28.0 Å². The summed E-state index contributed by atoms with van der Waals surface area (Å²) in [6.45, 7) is 8.50. The molecule has 44 heavy (non-hydrogen) atoms. The Morgan fingerprint density at radius 2 is 1.52 bits per heavy atom. The lowest BCUT2D eigenvalue weighted by Crippen LogP contribution is -2.27. The standard InChI is InChI=1S/C36H34N2O6/c1-22(2)6-7-26-31-28(19-30(34(26)40-5)41-20-23-9-14-37-15-10-23)43-29-18-27-25(8-13-36(3,4)44-27)35(32(29)33(31)39)42-21-24-11-16-38-17-12-24/h6,8-19H,7,20-21H2,1-5H3. The molecule has 0 unspecified atom stereocenters. The molecule has 0 saturated carbocycles. The van der Waals surface area contributed by atoms with Gasteiger partial charge in [-0.1, -0.05) is 11.6 Å². The molecule has 0 aliphatic carbocycles. The fraction of sp³-hybridized carbons (Fsp3) is 0.250. The zero-order valence-electron chi connectivity index (χ0n) is 25.5. The number of benzene rings is 2. The summed E-state index contributed by atoms with van der Waals surface area (Å²) in [4.78, 5) is 22.8. The highest BCUT2D eigenvalue weighted by Crippen LogP contribution is 2.44. The molecular formula is C36H34N2O6. The van der Waals surface area contributed by atoms with Crippen molar-refractivity contribution in [1.29, 1.82) is 0 Å². The quantitative estimate of drug-likeness (QED) is 0.128. The molecule has 0 bridgehead atoms. The van der Waals surface area contributed by atoms with Crippen molar-refractivity contribution in [3.8, 4) is 23.0 Å². The van der Waals surface area contributed by atoms with Crippen molar-refractivity contribution < 1.29 is 23.4 Å². The van der Waals surface area contributed by atoms with Gasteiger partial charge in [-0.05, 0) is 81.7 Å². The fourth-order valence-corrected chi connectivity index (χ4v) is 5.26. The number of aromatic nitrogens is 2. The van der Waals surface area contributed by atoms with Gasteiger partial charge < -0.3 is 23.4 Å². The van der Waals surface area contributed by atoms with Crippen molar-refractivity contribution in [3.05, 3.63) is 111 Å². The molecule has 6 rings (SSSR count). The molecule has 0 amide bonds. The van der Waals surface area contributed by atoms with Crippen molar-refractivity contribution in [1.82, 2.24) is 9.97 Å². The maximum Gasteiger partial charge on any atom is 0.204 e.